The van der Waals surface area contributed by atoms with Crippen LogP contribution in [-0.4, -0.2) is 152 Å². The summed E-state index contributed by atoms with van der Waals surface area (Å²) in [6.45, 7) is -2.64. The number of dihydropyridines is 2. The van der Waals surface area contributed by atoms with Gasteiger partial charge in [0.15, 0.2) is 11.7 Å². The number of aliphatic hydroxyl groups is 7. The van der Waals surface area contributed by atoms with Gasteiger partial charge < -0.3 is 88.2 Å². The maximum atomic E-state index is 15.2. The van der Waals surface area contributed by atoms with Gasteiger partial charge in [-0.2, -0.15) is 0 Å². The molecule has 0 saturated carbocycles. The molecule has 23 heteroatoms. The highest BCUT2D eigenvalue weighted by molar-refractivity contribution is 6.31. The van der Waals surface area contributed by atoms with Gasteiger partial charge in [0, 0.05) is 79.3 Å². The number of hydrogen-bond acceptors (Lipinski definition) is 20. The molecule has 0 radical (unpaired) electrons. The smallest absolute Gasteiger partial charge is 0.253 e. The summed E-state index contributed by atoms with van der Waals surface area (Å²) in [5, 5.41) is 101. The van der Waals surface area contributed by atoms with E-state index >= 15 is 9.59 Å². The molecule has 6 aliphatic rings. The maximum Gasteiger partial charge on any atom is 0.253 e. The predicted octanol–water partition coefficient (Wildman–Crippen LogP) is -2.03. The van der Waals surface area contributed by atoms with Crippen LogP contribution in [0.2, 0.25) is 0 Å². The van der Waals surface area contributed by atoms with Gasteiger partial charge in [-0.1, -0.05) is 12.2 Å². The number of phenolic OH excluding ortho intramolecular Hbond substituents is 1. The number of nitrogens with zero attached hydrogens (tertiary/aromatic N) is 2. The molecule has 1 fully saturated rings. The number of fused-ring (bicyclic) bond motifs is 3. The lowest BCUT2D eigenvalue weighted by molar-refractivity contribution is -0.420. The summed E-state index contributed by atoms with van der Waals surface area (Å²) in [6.07, 6.45) is 4.12. The topological polar surface area (TPSA) is 388 Å². The molecule has 2 amide bonds. The van der Waals surface area contributed by atoms with Crippen molar-refractivity contribution in [3.8, 4) is 17.2 Å². The van der Waals surface area contributed by atoms with E-state index in [0.717, 1.165) is 28.7 Å². The Morgan fingerprint density at radius 1 is 1.01 bits per heavy atom. The van der Waals surface area contributed by atoms with E-state index in [0.29, 0.717) is 36.8 Å². The molecular formula is C49H60N8O15. The molecule has 2 aromatic carbocycles. The molecule has 0 bridgehead atoms. The summed E-state index contributed by atoms with van der Waals surface area (Å²) >= 11 is 0. The SMILES string of the molecule is CN=C(N)NC1CCC(C(CCCO)C2=CNC(N)C=C2)c2cc3c(c(O)c21)C(=O)c1c(OC2OC(O)(CO)C(O)(CC(CN4C(=O)C=CC4=O)C4=CCNC(N)=C4)C(O)C2O)cc(OC)c(CO)c1C3=O. The van der Waals surface area contributed by atoms with Gasteiger partial charge in [0.2, 0.25) is 17.9 Å². The summed E-state index contributed by atoms with van der Waals surface area (Å²) < 4.78 is 17.4. The van der Waals surface area contributed by atoms with Gasteiger partial charge in [-0.15, -0.1) is 0 Å². The van der Waals surface area contributed by atoms with Crippen LogP contribution in [0.4, 0.5) is 0 Å². The van der Waals surface area contributed by atoms with Crippen LogP contribution in [0.3, 0.4) is 0 Å². The molecule has 4 aliphatic heterocycles. The standard InChI is InChI=1S/C49H60N8O15/c1-53-47(52)56-30-7-6-26(25(4-3-13-58)23-5-8-33(50)55-18-23)27-15-28-39(42(64)37(27)30)43(65)40-32(16-31(70-2)29(20-59)38(40)41(28)63)71-46-44(66)45(67)48(68,49(69,21-60)72-46)17-24(22-11-12-54-34(51)14-22)19-57-35(61)9-10-36(57)62/h5,8-11,14-16,18,24-26,30,33,44-46,54-55,58-60,64,66-69H,3-4,6-7,12-13,17,19-21,50-51H2,1-2H3,(H3,52,53,56). The molecule has 2 aliphatic carbocycles. The number of phenols is 1. The van der Waals surface area contributed by atoms with E-state index in [1.165, 1.54) is 26.3 Å². The molecule has 10 atom stereocenters. The number of allylic oxidation sites excluding steroid dienone is 3. The average molecular weight is 1000 g/mol. The van der Waals surface area contributed by atoms with E-state index in [4.69, 9.17) is 31.4 Å². The average Bonchev–Trinajstić information content (AvgIpc) is 3.69. The quantitative estimate of drug-likeness (QED) is 0.0418. The summed E-state index contributed by atoms with van der Waals surface area (Å²) in [6, 6.07) is 1.88. The number of methoxy groups -OCH3 is 1. The summed E-state index contributed by atoms with van der Waals surface area (Å²) in [7, 11) is 2.67. The monoisotopic (exact) mass is 1000 g/mol. The molecular weight excluding hydrogens is 941 g/mol. The van der Waals surface area contributed by atoms with Gasteiger partial charge in [-0.25, -0.2) is 0 Å². The molecule has 17 N–H and O–H groups in total. The molecule has 72 heavy (non-hydrogen) atoms. The zero-order valence-corrected chi connectivity index (χ0v) is 39.4. The Balaban J connectivity index is 1.20. The maximum absolute atomic E-state index is 15.2. The molecule has 2 aromatic rings. The van der Waals surface area contributed by atoms with Crippen molar-refractivity contribution in [3.05, 3.63) is 111 Å². The summed E-state index contributed by atoms with van der Waals surface area (Å²) in [5.41, 5.74) is 15.4. The number of guanidine groups is 1. The molecule has 8 rings (SSSR count). The number of carbonyl (C=O) groups excluding carboxylic acids is 4. The number of benzene rings is 2. The summed E-state index contributed by atoms with van der Waals surface area (Å²) in [5.74, 6) is -9.34. The minimum atomic E-state index is -3.20. The number of rotatable bonds is 16. The van der Waals surface area contributed by atoms with Crippen molar-refractivity contribution in [2.24, 2.45) is 34.0 Å². The highest BCUT2D eigenvalue weighted by Crippen LogP contribution is 2.53. The van der Waals surface area contributed by atoms with E-state index in [1.807, 2.05) is 6.08 Å². The minimum absolute atomic E-state index is 0.0232. The Labute approximate surface area is 412 Å². The van der Waals surface area contributed by atoms with Crippen LogP contribution in [0.25, 0.3) is 0 Å². The van der Waals surface area contributed by atoms with E-state index in [2.05, 4.69) is 20.9 Å². The van der Waals surface area contributed by atoms with Gasteiger partial charge in [-0.05, 0) is 78.9 Å². The van der Waals surface area contributed by atoms with Crippen molar-refractivity contribution in [1.29, 1.82) is 0 Å². The number of amides is 2. The van der Waals surface area contributed by atoms with Gasteiger partial charge in [0.25, 0.3) is 11.8 Å². The molecule has 0 spiro atoms. The number of ketones is 2. The van der Waals surface area contributed by atoms with Crippen molar-refractivity contribution < 1.29 is 74.2 Å². The van der Waals surface area contributed by atoms with E-state index in [9.17, 15) is 50.4 Å². The number of hydrogen-bond donors (Lipinski definition) is 14. The predicted molar refractivity (Wildman–Crippen MR) is 254 cm³/mol. The fourth-order valence-electron chi connectivity index (χ4n) is 10.8. The van der Waals surface area contributed by atoms with Crippen LogP contribution in [-0.2, 0) is 20.9 Å². The van der Waals surface area contributed by atoms with Crippen LogP contribution in [0, 0.1) is 11.8 Å². The Kier molecular flexibility index (Phi) is 14.7. The zero-order chi connectivity index (χ0) is 52.0. The molecule has 23 nitrogen and oxygen atoms in total. The first-order valence-corrected chi connectivity index (χ1v) is 23.4. The fourth-order valence-corrected chi connectivity index (χ4v) is 10.8. The Bertz CT molecular complexity index is 2720. The first-order chi connectivity index (χ1) is 34.3. The lowest BCUT2D eigenvalue weighted by Gasteiger charge is -2.53. The van der Waals surface area contributed by atoms with Crippen molar-refractivity contribution in [2.75, 3.05) is 40.5 Å². The molecule has 4 heterocycles. The van der Waals surface area contributed by atoms with Crippen molar-refractivity contribution in [1.82, 2.24) is 20.9 Å². The number of aliphatic hydroxyl groups excluding tert-OH is 5. The van der Waals surface area contributed by atoms with Crippen molar-refractivity contribution in [2.45, 2.75) is 86.7 Å². The lowest BCUT2D eigenvalue weighted by Crippen LogP contribution is -2.75. The number of ether oxygens (including phenoxy) is 3. The van der Waals surface area contributed by atoms with Crippen molar-refractivity contribution in [3.63, 3.8) is 0 Å². The number of aliphatic imine (C=N–C) groups is 1. The fraction of sp³-hybridized carbons (Fsp3) is 0.449. The molecule has 386 valence electrons. The number of aromatic hydroxyl groups is 1. The molecule has 1 saturated heterocycles. The van der Waals surface area contributed by atoms with Crippen LogP contribution in [0.5, 0.6) is 17.2 Å². The van der Waals surface area contributed by atoms with Gasteiger partial charge in [0.1, 0.15) is 41.7 Å². The molecule has 10 unspecified atom stereocenters. The second-order valence-electron chi connectivity index (χ2n) is 18.5. The Morgan fingerprint density at radius 2 is 1.75 bits per heavy atom. The normalized spacial score (nSPS) is 28.7. The van der Waals surface area contributed by atoms with Gasteiger partial charge in [0.05, 0.1) is 42.9 Å². The third-order valence-electron chi connectivity index (χ3n) is 14.5. The Morgan fingerprint density at radius 3 is 2.38 bits per heavy atom. The largest absolute Gasteiger partial charge is 0.507 e. The van der Waals surface area contributed by atoms with E-state index < -0.39 is 132 Å². The van der Waals surface area contributed by atoms with Crippen LogP contribution in [0.1, 0.15) is 92.6 Å². The third kappa shape index (κ3) is 9.00. The summed E-state index contributed by atoms with van der Waals surface area (Å²) in [4.78, 5) is 60.6. The minimum Gasteiger partial charge on any atom is -0.507 e. The van der Waals surface area contributed by atoms with Crippen molar-refractivity contribution >= 4 is 29.3 Å². The number of carbonyl (C=O) groups is 4. The van der Waals surface area contributed by atoms with E-state index in [-0.39, 0.29) is 53.3 Å². The third-order valence-corrected chi connectivity index (χ3v) is 14.5. The first-order valence-electron chi connectivity index (χ1n) is 23.4. The van der Waals surface area contributed by atoms with Crippen LogP contribution < -0.4 is 42.6 Å². The molecule has 0 aromatic heterocycles. The highest BCUT2D eigenvalue weighted by Gasteiger charge is 2.65. The van der Waals surface area contributed by atoms with Crippen LogP contribution in [0.15, 0.2) is 76.7 Å². The lowest BCUT2D eigenvalue weighted by atomic mass is 9.67. The van der Waals surface area contributed by atoms with Crippen LogP contribution >= 0.6 is 0 Å². The second-order valence-corrected chi connectivity index (χ2v) is 18.5. The second kappa shape index (κ2) is 20.4. The zero-order valence-electron chi connectivity index (χ0n) is 39.4. The highest BCUT2D eigenvalue weighted by atomic mass is 16.8. The Hall–Kier alpha value is -6.67. The van der Waals surface area contributed by atoms with Gasteiger partial charge >= 0.3 is 0 Å². The number of imide groups is 1. The van der Waals surface area contributed by atoms with Gasteiger partial charge in [-0.3, -0.25) is 29.1 Å². The number of nitrogens with one attached hydrogen (secondary N) is 3. The number of nitrogens with two attached hydrogens (primary N) is 3. The van der Waals surface area contributed by atoms with E-state index in [1.54, 1.807) is 18.4 Å². The first kappa shape index (κ1) is 51.7.